The molecule has 0 aromatic rings. The summed E-state index contributed by atoms with van der Waals surface area (Å²) in [5, 5.41) is 0. The number of hydrogen-bond acceptors (Lipinski definition) is 1. The molecule has 0 aliphatic heterocycles. The average Bonchev–Trinajstić information content (AvgIpc) is 1.38. The molecule has 0 aromatic heterocycles. The van der Waals surface area contributed by atoms with Crippen LogP contribution in [0.1, 0.15) is 0 Å². The van der Waals surface area contributed by atoms with Gasteiger partial charge in [0.15, 0.2) is 5.96 Å². The van der Waals surface area contributed by atoms with E-state index in [1.165, 1.54) is 0 Å². The van der Waals surface area contributed by atoms with Crippen LogP contribution in [0.5, 0.6) is 0 Å². The molecule has 0 spiro atoms. The minimum Gasteiger partial charge on any atom is -0.371 e. The van der Waals surface area contributed by atoms with Crippen molar-refractivity contribution in [2.24, 2.45) is 16.1 Å². The van der Waals surface area contributed by atoms with Crippen molar-refractivity contribution in [1.82, 2.24) is 0 Å². The monoisotopic (exact) mass is 86.0 g/mol. The van der Waals surface area contributed by atoms with Crippen molar-refractivity contribution in [3.63, 3.8) is 0 Å². The van der Waals surface area contributed by atoms with E-state index in [9.17, 15) is 0 Å². The molecule has 0 saturated carbocycles. The summed E-state index contributed by atoms with van der Waals surface area (Å²) in [7, 11) is 2.69. The van der Waals surface area contributed by atoms with Gasteiger partial charge in [0.25, 0.3) is 0 Å². The van der Waals surface area contributed by atoms with E-state index >= 15 is 0 Å². The van der Waals surface area contributed by atoms with Crippen LogP contribution >= 0.6 is 0 Å². The third-order valence-corrected chi connectivity index (χ3v) is 0.387. The summed E-state index contributed by atoms with van der Waals surface area (Å²) in [4.78, 5) is 0. The van der Waals surface area contributed by atoms with Crippen molar-refractivity contribution in [3.05, 3.63) is 0 Å². The zero-order valence-corrected chi connectivity index (χ0v) is 3.60. The van der Waals surface area contributed by atoms with E-state index in [0.29, 0.717) is 0 Å². The second-order valence-corrected chi connectivity index (χ2v) is 0.760. The molecule has 0 unspecified atom stereocenters. The van der Waals surface area contributed by atoms with Gasteiger partial charge in [-0.05, 0) is 0 Å². The van der Waals surface area contributed by atoms with Crippen molar-refractivity contribution in [1.29, 1.82) is 0 Å². The fourth-order valence-electron chi connectivity index (χ4n) is 0. The smallest absolute Gasteiger partial charge is 0.226 e. The van der Waals surface area contributed by atoms with Crippen molar-refractivity contribution >= 4 is 16.4 Å². The Hall–Kier alpha value is -0.513. The second kappa shape index (κ2) is 1.77. The summed E-state index contributed by atoms with van der Waals surface area (Å²) in [6.07, 6.45) is 0. The van der Waals surface area contributed by atoms with Gasteiger partial charge in [0.2, 0.25) is 10.4 Å². The van der Waals surface area contributed by atoms with Crippen LogP contribution in [0.15, 0.2) is 4.66 Å². The molecule has 0 rings (SSSR count). The predicted molar refractivity (Wildman–Crippen MR) is 21.6 cm³/mol. The van der Waals surface area contributed by atoms with Crippen LogP contribution in [0.25, 0.3) is 0 Å². The Balaban J connectivity index is 3.14. The lowest BCUT2D eigenvalue weighted by Gasteiger charge is -1.77. The van der Waals surface area contributed by atoms with E-state index in [0.717, 1.165) is 0 Å². The molecule has 0 fully saturated rings. The molecule has 3 radical (unpaired) electrons. The highest BCUT2D eigenvalue weighted by atomic mass is 28.2. The Labute approximate surface area is 33.6 Å². The molecule has 5 heavy (non-hydrogen) atoms. The van der Waals surface area contributed by atoms with Gasteiger partial charge in [-0.15, -0.1) is 0 Å². The lowest BCUT2D eigenvalue weighted by atomic mass is 11.1. The van der Waals surface area contributed by atoms with Gasteiger partial charge < -0.3 is 11.5 Å². The predicted octanol–water partition coefficient (Wildman–Crippen LogP) is -1.66. The normalized spacial score (nSPS) is 6.60. The minimum atomic E-state index is 0.0432. The van der Waals surface area contributed by atoms with Crippen LogP contribution in [0.2, 0.25) is 0 Å². The van der Waals surface area contributed by atoms with Gasteiger partial charge in [0.05, 0.1) is 0 Å². The summed E-state index contributed by atoms with van der Waals surface area (Å²) in [6, 6.07) is 0. The number of rotatable bonds is 0. The van der Waals surface area contributed by atoms with Crippen molar-refractivity contribution in [3.8, 4) is 0 Å². The molecule has 0 bridgehead atoms. The summed E-state index contributed by atoms with van der Waals surface area (Å²) in [6.45, 7) is 0. The molecule has 0 atom stereocenters. The number of hydrogen-bond donors (Lipinski definition) is 2. The first-order valence-electron chi connectivity index (χ1n) is 1.02. The fourth-order valence-corrected chi connectivity index (χ4v) is 0. The zero-order chi connectivity index (χ0) is 4.28. The molecule has 4 heteroatoms. The highest BCUT2D eigenvalue weighted by Gasteiger charge is 1.61. The maximum absolute atomic E-state index is 4.77. The molecule has 4 N–H and O–H groups in total. The Bertz CT molecular complexity index is 44.9. The van der Waals surface area contributed by atoms with Gasteiger partial charge in [-0.2, -0.15) is 0 Å². The van der Waals surface area contributed by atoms with E-state index in [4.69, 9.17) is 11.5 Å². The van der Waals surface area contributed by atoms with E-state index in [1.807, 2.05) is 0 Å². The first-order chi connectivity index (χ1) is 2.27. The van der Waals surface area contributed by atoms with E-state index in [1.54, 1.807) is 0 Å². The first-order valence-corrected chi connectivity index (χ1v) is 1.47. The van der Waals surface area contributed by atoms with E-state index < -0.39 is 0 Å². The van der Waals surface area contributed by atoms with Gasteiger partial charge in [0.1, 0.15) is 0 Å². The molecule has 0 aliphatic carbocycles. The van der Waals surface area contributed by atoms with Crippen molar-refractivity contribution in [2.75, 3.05) is 0 Å². The van der Waals surface area contributed by atoms with Crippen LogP contribution in [0, 0.1) is 0 Å². The van der Waals surface area contributed by atoms with Crippen LogP contribution in [0.3, 0.4) is 0 Å². The Kier molecular flexibility index (Phi) is 1.59. The third kappa shape index (κ3) is 3.49. The number of nitrogens with zero attached hydrogens (tertiary/aromatic N) is 1. The van der Waals surface area contributed by atoms with Crippen LogP contribution in [-0.2, 0) is 0 Å². The first kappa shape index (κ1) is 4.49. The molecule has 27 valence electrons. The standard InChI is InChI=1S/CH4N3Si/c2-1(3)4-5/h(H4,2,3,4). The second-order valence-electron chi connectivity index (χ2n) is 0.537. The number of guanidine groups is 1. The highest BCUT2D eigenvalue weighted by Crippen LogP contribution is 1.37. The van der Waals surface area contributed by atoms with Crippen LogP contribution in [-0.4, -0.2) is 16.4 Å². The van der Waals surface area contributed by atoms with Crippen LogP contribution in [0.4, 0.5) is 0 Å². The molecule has 0 amide bonds. The molecule has 0 aliphatic rings. The van der Waals surface area contributed by atoms with Crippen molar-refractivity contribution < 1.29 is 0 Å². The molecule has 0 aromatic carbocycles. The van der Waals surface area contributed by atoms with Crippen LogP contribution < -0.4 is 11.5 Å². The largest absolute Gasteiger partial charge is 0.371 e. The molecule has 0 heterocycles. The minimum absolute atomic E-state index is 0.0432. The molecule has 3 nitrogen and oxygen atoms in total. The summed E-state index contributed by atoms with van der Waals surface area (Å²) in [5.41, 5.74) is 9.54. The molecular weight excluding hydrogens is 82.1 g/mol. The Morgan fingerprint density at radius 2 is 1.80 bits per heavy atom. The van der Waals surface area contributed by atoms with Crippen molar-refractivity contribution in [2.45, 2.75) is 0 Å². The lowest BCUT2D eigenvalue weighted by molar-refractivity contribution is 1.53. The van der Waals surface area contributed by atoms with E-state index in [2.05, 4.69) is 15.1 Å². The summed E-state index contributed by atoms with van der Waals surface area (Å²) >= 11 is 0. The average molecular weight is 86.1 g/mol. The van der Waals surface area contributed by atoms with Gasteiger partial charge in [-0.3, -0.25) is 4.66 Å². The highest BCUT2D eigenvalue weighted by molar-refractivity contribution is 6.11. The maximum Gasteiger partial charge on any atom is 0.226 e. The molecular formula is CH4N3Si. The van der Waals surface area contributed by atoms with Gasteiger partial charge >= 0.3 is 0 Å². The summed E-state index contributed by atoms with van der Waals surface area (Å²) < 4.78 is 3.17. The summed E-state index contributed by atoms with van der Waals surface area (Å²) in [5.74, 6) is 0.0432. The maximum atomic E-state index is 4.77. The Morgan fingerprint density at radius 1 is 1.60 bits per heavy atom. The van der Waals surface area contributed by atoms with Gasteiger partial charge in [0, 0.05) is 0 Å². The quantitative estimate of drug-likeness (QED) is 0.210. The fraction of sp³-hybridized carbons (Fsp3) is 0. The molecule has 0 saturated heterocycles. The lowest BCUT2D eigenvalue weighted by Crippen LogP contribution is -2.22. The van der Waals surface area contributed by atoms with E-state index in [-0.39, 0.29) is 5.96 Å². The third-order valence-electron chi connectivity index (χ3n) is 0.129. The number of nitrogens with two attached hydrogens (primary N) is 2. The zero-order valence-electron chi connectivity index (χ0n) is 2.60. The van der Waals surface area contributed by atoms with Gasteiger partial charge in [-0.25, -0.2) is 0 Å². The van der Waals surface area contributed by atoms with Gasteiger partial charge in [-0.1, -0.05) is 0 Å². The topological polar surface area (TPSA) is 64.4 Å². The Morgan fingerprint density at radius 3 is 1.80 bits per heavy atom. The SMILES string of the molecule is NC(N)=N[Si].